The Kier molecular flexibility index (Phi) is 9.41. The van der Waals surface area contributed by atoms with Gasteiger partial charge in [0.25, 0.3) is 0 Å². The topological polar surface area (TPSA) is 0 Å². The normalized spacial score (nSPS) is 8.95. The van der Waals surface area contributed by atoms with E-state index in [0.717, 1.165) is 11.1 Å². The third-order valence-electron chi connectivity index (χ3n) is 3.21. The minimum absolute atomic E-state index is 0. The molecule has 2 aromatic carbocycles. The SMILES string of the molecule is [CH-]=Cc1ccc(C)cc1C.[CH-]=Cc1ccc(C)cc1C.[Y]. The molecule has 21 heavy (non-hydrogen) atoms. The molecule has 2 rings (SSSR count). The van der Waals surface area contributed by atoms with E-state index in [1.807, 2.05) is 12.1 Å². The van der Waals surface area contributed by atoms with E-state index >= 15 is 0 Å². The number of rotatable bonds is 2. The summed E-state index contributed by atoms with van der Waals surface area (Å²) in [7, 11) is 0. The quantitative estimate of drug-likeness (QED) is 0.627. The monoisotopic (exact) mass is 351 g/mol. The summed E-state index contributed by atoms with van der Waals surface area (Å²) in [6, 6.07) is 12.4. The van der Waals surface area contributed by atoms with E-state index in [-0.39, 0.29) is 32.7 Å². The van der Waals surface area contributed by atoms with Crippen LogP contribution in [0.5, 0.6) is 0 Å². The molecule has 0 bridgehead atoms. The van der Waals surface area contributed by atoms with Crippen molar-refractivity contribution >= 4 is 12.2 Å². The molecule has 0 unspecified atom stereocenters. The largest absolute Gasteiger partial charge is 0.292 e. The van der Waals surface area contributed by atoms with Crippen LogP contribution in [0.1, 0.15) is 33.4 Å². The van der Waals surface area contributed by atoms with Gasteiger partial charge < -0.3 is 0 Å². The maximum Gasteiger partial charge on any atom is 0 e. The smallest absolute Gasteiger partial charge is 0 e. The van der Waals surface area contributed by atoms with Gasteiger partial charge in [-0.25, -0.2) is 12.2 Å². The molecule has 0 saturated heterocycles. The molecule has 0 atom stereocenters. The van der Waals surface area contributed by atoms with Crippen LogP contribution in [0.4, 0.5) is 0 Å². The Morgan fingerprint density at radius 2 is 1.00 bits per heavy atom. The zero-order valence-electron chi connectivity index (χ0n) is 13.4. The second kappa shape index (κ2) is 9.87. The van der Waals surface area contributed by atoms with Gasteiger partial charge in [0.2, 0.25) is 0 Å². The van der Waals surface area contributed by atoms with Crippen molar-refractivity contribution < 1.29 is 32.7 Å². The molecule has 107 valence electrons. The molecule has 0 spiro atoms. The molecule has 1 radical (unpaired) electrons. The Labute approximate surface area is 154 Å². The zero-order chi connectivity index (χ0) is 15.1. The molecule has 0 fully saturated rings. The molecule has 0 N–H and O–H groups in total. The summed E-state index contributed by atoms with van der Waals surface area (Å²) in [5, 5.41) is 0. The molecular formula is C20H22Y-2. The summed E-state index contributed by atoms with van der Waals surface area (Å²) in [5.41, 5.74) is 7.27. The first-order valence-corrected chi connectivity index (χ1v) is 6.72. The Balaban J connectivity index is 0.000000364. The average molecular weight is 351 g/mol. The fourth-order valence-corrected chi connectivity index (χ4v) is 2.03. The van der Waals surface area contributed by atoms with E-state index in [0.29, 0.717) is 0 Å². The standard InChI is InChI=1S/2C10H11.Y/c2*1-4-10-6-5-8(2)7-9(10)3;/h2*1,4-7H,2-3H3;/q2*-1;. The molecular weight excluding hydrogens is 329 g/mol. The third-order valence-corrected chi connectivity index (χ3v) is 3.21. The number of benzene rings is 2. The van der Waals surface area contributed by atoms with E-state index in [1.165, 1.54) is 22.3 Å². The maximum absolute atomic E-state index is 5.38. The van der Waals surface area contributed by atoms with Gasteiger partial charge in [0.1, 0.15) is 0 Å². The van der Waals surface area contributed by atoms with Crippen LogP contribution >= 0.6 is 0 Å². The van der Waals surface area contributed by atoms with E-state index in [2.05, 4.69) is 52.0 Å². The van der Waals surface area contributed by atoms with Gasteiger partial charge in [0.05, 0.1) is 0 Å². The zero-order valence-corrected chi connectivity index (χ0v) is 16.2. The van der Waals surface area contributed by atoms with E-state index < -0.39 is 0 Å². The first-order chi connectivity index (χ1) is 9.47. The molecule has 0 saturated carbocycles. The second-order valence-electron chi connectivity index (χ2n) is 5.05. The summed E-state index contributed by atoms with van der Waals surface area (Å²) in [4.78, 5) is 0. The van der Waals surface area contributed by atoms with Crippen LogP contribution in [0.3, 0.4) is 0 Å². The van der Waals surface area contributed by atoms with Gasteiger partial charge in [-0.2, -0.15) is 11.1 Å². The van der Waals surface area contributed by atoms with Crippen LogP contribution < -0.4 is 0 Å². The molecule has 0 aliphatic carbocycles. The van der Waals surface area contributed by atoms with Gasteiger partial charge in [-0.15, -0.1) is 23.3 Å². The van der Waals surface area contributed by atoms with Gasteiger partial charge in [-0.3, -0.25) is 13.2 Å². The van der Waals surface area contributed by atoms with Gasteiger partial charge >= 0.3 is 0 Å². The molecule has 0 aliphatic heterocycles. The number of hydrogen-bond acceptors (Lipinski definition) is 0. The summed E-state index contributed by atoms with van der Waals surface area (Å²) >= 11 is 0. The van der Waals surface area contributed by atoms with Crippen molar-refractivity contribution in [2.75, 3.05) is 0 Å². The Hall–Kier alpha value is -0.976. The summed E-state index contributed by atoms with van der Waals surface area (Å²) in [6.45, 7) is 19.0. The summed E-state index contributed by atoms with van der Waals surface area (Å²) in [5.74, 6) is 0. The van der Waals surface area contributed by atoms with E-state index in [4.69, 9.17) is 13.2 Å². The van der Waals surface area contributed by atoms with Crippen LogP contribution in [-0.4, -0.2) is 0 Å². The van der Waals surface area contributed by atoms with Gasteiger partial charge in [-0.05, 0) is 13.8 Å². The Morgan fingerprint density at radius 1 is 0.667 bits per heavy atom. The third kappa shape index (κ3) is 6.54. The fraction of sp³-hybridized carbons (Fsp3) is 0.200. The predicted molar refractivity (Wildman–Crippen MR) is 89.4 cm³/mol. The fourth-order valence-electron chi connectivity index (χ4n) is 2.03. The molecule has 0 aliphatic rings. The van der Waals surface area contributed by atoms with Crippen LogP contribution in [-0.2, 0) is 32.7 Å². The van der Waals surface area contributed by atoms with Crippen molar-refractivity contribution in [3.05, 3.63) is 82.9 Å². The first-order valence-electron chi connectivity index (χ1n) is 6.72. The van der Waals surface area contributed by atoms with Crippen LogP contribution in [0.15, 0.2) is 36.4 Å². The number of aryl methyl sites for hydroxylation is 4. The van der Waals surface area contributed by atoms with Crippen molar-refractivity contribution in [3.8, 4) is 0 Å². The van der Waals surface area contributed by atoms with Crippen molar-refractivity contribution in [3.63, 3.8) is 0 Å². The molecule has 0 amide bonds. The minimum atomic E-state index is 0. The van der Waals surface area contributed by atoms with Crippen LogP contribution in [0.2, 0.25) is 0 Å². The van der Waals surface area contributed by atoms with E-state index in [9.17, 15) is 0 Å². The average Bonchev–Trinajstić information content (AvgIpc) is 2.40. The number of hydrogen-bond donors (Lipinski definition) is 0. The molecule has 0 heterocycles. The van der Waals surface area contributed by atoms with Crippen molar-refractivity contribution in [1.29, 1.82) is 0 Å². The van der Waals surface area contributed by atoms with E-state index in [1.54, 1.807) is 12.2 Å². The van der Waals surface area contributed by atoms with Crippen molar-refractivity contribution in [2.45, 2.75) is 27.7 Å². The van der Waals surface area contributed by atoms with Gasteiger partial charge in [0, 0.05) is 32.7 Å². The first kappa shape index (κ1) is 20.0. The van der Waals surface area contributed by atoms with Gasteiger partial charge in [0.15, 0.2) is 0 Å². The summed E-state index contributed by atoms with van der Waals surface area (Å²) in [6.07, 6.45) is 3.27. The molecule has 2 aromatic rings. The predicted octanol–water partition coefficient (Wildman–Crippen LogP) is 5.50. The molecule has 0 nitrogen and oxygen atoms in total. The van der Waals surface area contributed by atoms with Crippen LogP contribution in [0.25, 0.3) is 12.2 Å². The second-order valence-corrected chi connectivity index (χ2v) is 5.05. The molecule has 0 aromatic heterocycles. The minimum Gasteiger partial charge on any atom is -0.292 e. The van der Waals surface area contributed by atoms with Crippen molar-refractivity contribution in [2.24, 2.45) is 0 Å². The Bertz CT molecular complexity index is 554. The van der Waals surface area contributed by atoms with Gasteiger partial charge in [-0.1, -0.05) is 49.2 Å². The van der Waals surface area contributed by atoms with Crippen LogP contribution in [0, 0.1) is 40.9 Å². The maximum atomic E-state index is 5.38. The van der Waals surface area contributed by atoms with Crippen molar-refractivity contribution in [1.82, 2.24) is 0 Å². The summed E-state index contributed by atoms with van der Waals surface area (Å²) < 4.78 is 0. The Morgan fingerprint density at radius 3 is 1.24 bits per heavy atom. The molecule has 1 heteroatoms.